The van der Waals surface area contributed by atoms with Gasteiger partial charge in [0.15, 0.2) is 0 Å². The lowest BCUT2D eigenvalue weighted by Gasteiger charge is -2.31. The molecular weight excluding hydrogens is 717 g/mol. The molecule has 304 valence electrons. The van der Waals surface area contributed by atoms with Gasteiger partial charge in [-0.25, -0.2) is 19.2 Å². The molecule has 8 heteroatoms. The highest BCUT2D eigenvalue weighted by molar-refractivity contribution is 5.91. The molecule has 0 aliphatic heterocycles. The monoisotopic (exact) mass is 776 g/mol. The molecule has 0 bridgehead atoms. The van der Waals surface area contributed by atoms with E-state index in [-0.39, 0.29) is 21.7 Å². The van der Waals surface area contributed by atoms with Crippen LogP contribution in [0, 0.1) is 5.41 Å². The Morgan fingerprint density at radius 3 is 0.614 bits per heavy atom. The number of carbonyl (C=O) groups is 4. The van der Waals surface area contributed by atoms with Crippen LogP contribution >= 0.6 is 0 Å². The SMILES string of the molecule is CC(C)(C)c1ccc(C(=O)OCC(COC(=O)c2ccc(C(C)(C)C)cc2)(COC(=O)c2ccc(C(C)(C)C)cc2)COC(=O)c2ccc(C(C)(C)C)cc2)cc1. The van der Waals surface area contributed by atoms with Crippen molar-refractivity contribution in [1.29, 1.82) is 0 Å². The first-order valence-electron chi connectivity index (χ1n) is 19.5. The third-order valence-electron chi connectivity index (χ3n) is 9.98. The standard InChI is InChI=1S/C49H60O8/c1-45(2,3)37-21-13-33(14-22-37)41(50)54-29-49(30-55-42(51)34-15-23-38(24-16-34)46(4,5)6,31-56-43(52)35-17-25-39(26-18-35)47(7,8)9)32-57-44(53)36-19-27-40(28-20-36)48(10,11)12/h13-28H,29-32H2,1-12H3. The zero-order valence-corrected chi connectivity index (χ0v) is 35.8. The van der Waals surface area contributed by atoms with Gasteiger partial charge in [0.1, 0.15) is 31.8 Å². The van der Waals surface area contributed by atoms with E-state index in [2.05, 4.69) is 83.1 Å². The number of hydrogen-bond donors (Lipinski definition) is 0. The predicted molar refractivity (Wildman–Crippen MR) is 224 cm³/mol. The maximum atomic E-state index is 13.5. The molecule has 0 fully saturated rings. The predicted octanol–water partition coefficient (Wildman–Crippen LogP) is 10.6. The van der Waals surface area contributed by atoms with Crippen LogP contribution in [0.5, 0.6) is 0 Å². The Kier molecular flexibility index (Phi) is 13.7. The van der Waals surface area contributed by atoms with E-state index >= 15 is 0 Å². The second kappa shape index (κ2) is 17.5. The van der Waals surface area contributed by atoms with E-state index in [9.17, 15) is 19.2 Å². The van der Waals surface area contributed by atoms with Crippen LogP contribution in [0.1, 0.15) is 147 Å². The van der Waals surface area contributed by atoms with Crippen molar-refractivity contribution < 1.29 is 38.1 Å². The smallest absolute Gasteiger partial charge is 0.338 e. The first kappa shape index (κ1) is 44.5. The molecule has 0 spiro atoms. The summed E-state index contributed by atoms with van der Waals surface area (Å²) in [6.07, 6.45) is 0. The maximum Gasteiger partial charge on any atom is 0.338 e. The Bertz CT molecular complexity index is 1700. The summed E-state index contributed by atoms with van der Waals surface area (Å²) in [5.74, 6) is -2.57. The summed E-state index contributed by atoms with van der Waals surface area (Å²) >= 11 is 0. The van der Waals surface area contributed by atoms with Crippen LogP contribution in [-0.2, 0) is 40.6 Å². The van der Waals surface area contributed by atoms with Crippen LogP contribution < -0.4 is 0 Å². The highest BCUT2D eigenvalue weighted by atomic mass is 16.6. The maximum absolute atomic E-state index is 13.5. The molecule has 0 N–H and O–H groups in total. The third-order valence-corrected chi connectivity index (χ3v) is 9.98. The van der Waals surface area contributed by atoms with Crippen LogP contribution in [0.15, 0.2) is 97.1 Å². The third kappa shape index (κ3) is 12.4. The van der Waals surface area contributed by atoms with Crippen molar-refractivity contribution in [2.75, 3.05) is 26.4 Å². The zero-order valence-electron chi connectivity index (χ0n) is 35.8. The molecule has 0 aliphatic carbocycles. The molecule has 0 amide bonds. The van der Waals surface area contributed by atoms with E-state index in [0.717, 1.165) is 22.3 Å². The molecule has 4 rings (SSSR count). The molecular formula is C49H60O8. The summed E-state index contributed by atoms with van der Waals surface area (Å²) in [6, 6.07) is 28.5. The minimum Gasteiger partial charge on any atom is -0.461 e. The Morgan fingerprint density at radius 1 is 0.316 bits per heavy atom. The number of hydrogen-bond acceptors (Lipinski definition) is 8. The average Bonchev–Trinajstić information content (AvgIpc) is 3.15. The average molecular weight is 777 g/mol. The van der Waals surface area contributed by atoms with Gasteiger partial charge in [-0.1, -0.05) is 132 Å². The van der Waals surface area contributed by atoms with Crippen molar-refractivity contribution >= 4 is 23.9 Å². The Labute approximate surface area is 339 Å². The fourth-order valence-electron chi connectivity index (χ4n) is 5.88. The van der Waals surface area contributed by atoms with Gasteiger partial charge >= 0.3 is 23.9 Å². The van der Waals surface area contributed by atoms with Crippen molar-refractivity contribution in [2.24, 2.45) is 5.41 Å². The summed E-state index contributed by atoms with van der Waals surface area (Å²) < 4.78 is 23.5. The summed E-state index contributed by atoms with van der Waals surface area (Å²) in [5.41, 5.74) is 3.40. The van der Waals surface area contributed by atoms with Crippen molar-refractivity contribution in [1.82, 2.24) is 0 Å². The van der Waals surface area contributed by atoms with Gasteiger partial charge in [-0.05, 0) is 92.4 Å². The van der Waals surface area contributed by atoms with Crippen LogP contribution in [0.25, 0.3) is 0 Å². The number of ether oxygens (including phenoxy) is 4. The van der Waals surface area contributed by atoms with E-state index in [4.69, 9.17) is 18.9 Å². The number of carbonyl (C=O) groups excluding carboxylic acids is 4. The van der Waals surface area contributed by atoms with Crippen LogP contribution in [-0.4, -0.2) is 50.3 Å². The van der Waals surface area contributed by atoms with Crippen LogP contribution in [0.4, 0.5) is 0 Å². The van der Waals surface area contributed by atoms with Gasteiger partial charge in [-0.3, -0.25) is 0 Å². The molecule has 0 aromatic heterocycles. The van der Waals surface area contributed by atoms with Gasteiger partial charge in [0, 0.05) is 0 Å². The highest BCUT2D eigenvalue weighted by Gasteiger charge is 2.39. The number of rotatable bonds is 12. The summed E-state index contributed by atoms with van der Waals surface area (Å²) in [6.45, 7) is 23.3. The molecule has 0 saturated carbocycles. The van der Waals surface area contributed by atoms with Gasteiger partial charge in [-0.15, -0.1) is 0 Å². The summed E-state index contributed by atoms with van der Waals surface area (Å²) in [4.78, 5) is 54.1. The lowest BCUT2D eigenvalue weighted by Crippen LogP contribution is -2.44. The van der Waals surface area contributed by atoms with E-state index in [1.165, 1.54) is 0 Å². The Morgan fingerprint density at radius 2 is 0.474 bits per heavy atom. The number of esters is 4. The minimum absolute atomic E-state index is 0.123. The van der Waals surface area contributed by atoms with Gasteiger partial charge in [-0.2, -0.15) is 0 Å². The second-order valence-electron chi connectivity index (χ2n) is 19.1. The van der Waals surface area contributed by atoms with E-state index in [0.29, 0.717) is 22.3 Å². The molecule has 0 unspecified atom stereocenters. The zero-order chi connectivity index (χ0) is 42.4. The molecule has 4 aromatic carbocycles. The van der Waals surface area contributed by atoms with Crippen molar-refractivity contribution in [2.45, 2.75) is 105 Å². The van der Waals surface area contributed by atoms with Crippen LogP contribution in [0.2, 0.25) is 0 Å². The van der Waals surface area contributed by atoms with Gasteiger partial charge in [0.05, 0.1) is 22.3 Å². The van der Waals surface area contributed by atoms with Gasteiger partial charge in [0.25, 0.3) is 0 Å². The molecule has 0 heterocycles. The lowest BCUT2D eigenvalue weighted by molar-refractivity contribution is -0.0642. The fourth-order valence-corrected chi connectivity index (χ4v) is 5.88. The van der Waals surface area contributed by atoms with Crippen molar-refractivity contribution in [3.8, 4) is 0 Å². The Hall–Kier alpha value is -5.24. The fraction of sp³-hybridized carbons (Fsp3) is 0.429. The molecule has 8 nitrogen and oxygen atoms in total. The lowest BCUT2D eigenvalue weighted by atomic mass is 9.87. The van der Waals surface area contributed by atoms with Gasteiger partial charge in [0.2, 0.25) is 0 Å². The largest absolute Gasteiger partial charge is 0.461 e. The van der Waals surface area contributed by atoms with Crippen LogP contribution in [0.3, 0.4) is 0 Å². The number of benzene rings is 4. The first-order chi connectivity index (χ1) is 26.4. The minimum atomic E-state index is -1.50. The molecule has 4 aromatic rings. The quantitative estimate of drug-likeness (QED) is 0.103. The van der Waals surface area contributed by atoms with Gasteiger partial charge < -0.3 is 18.9 Å². The van der Waals surface area contributed by atoms with E-state index in [1.807, 2.05) is 48.5 Å². The molecule has 0 aliphatic rings. The second-order valence-corrected chi connectivity index (χ2v) is 19.1. The Balaban J connectivity index is 1.67. The molecule has 0 radical (unpaired) electrons. The summed E-state index contributed by atoms with van der Waals surface area (Å²) in [7, 11) is 0. The molecule has 0 saturated heterocycles. The van der Waals surface area contributed by atoms with E-state index in [1.54, 1.807) is 48.5 Å². The van der Waals surface area contributed by atoms with E-state index < -0.39 is 55.7 Å². The first-order valence-corrected chi connectivity index (χ1v) is 19.5. The summed E-state index contributed by atoms with van der Waals surface area (Å²) in [5, 5.41) is 0. The van der Waals surface area contributed by atoms with Crippen molar-refractivity contribution in [3.63, 3.8) is 0 Å². The topological polar surface area (TPSA) is 105 Å². The molecule has 57 heavy (non-hydrogen) atoms. The highest BCUT2D eigenvalue weighted by Crippen LogP contribution is 2.28. The van der Waals surface area contributed by atoms with Crippen molar-refractivity contribution in [3.05, 3.63) is 142 Å². The normalized spacial score (nSPS) is 12.4. The molecule has 0 atom stereocenters.